The lowest BCUT2D eigenvalue weighted by atomic mass is 10.1. The number of carbonyl (C=O) groups excluding carboxylic acids is 3. The molecule has 0 spiro atoms. The van der Waals surface area contributed by atoms with Crippen LogP contribution in [0.2, 0.25) is 0 Å². The summed E-state index contributed by atoms with van der Waals surface area (Å²) in [5.74, 6) is -1.72. The van der Waals surface area contributed by atoms with E-state index in [4.69, 9.17) is 14.2 Å². The molecule has 4 rings (SSSR count). The molecular formula is C29H37N5O8. The molecule has 13 nitrogen and oxygen atoms in total. The minimum atomic E-state index is -1.11. The molecule has 1 aromatic heterocycles. The van der Waals surface area contributed by atoms with E-state index in [1.807, 2.05) is 25.1 Å². The Labute approximate surface area is 244 Å². The number of benzene rings is 1. The van der Waals surface area contributed by atoms with Gasteiger partial charge in [0.25, 0.3) is 5.91 Å². The van der Waals surface area contributed by atoms with E-state index in [0.29, 0.717) is 31.8 Å². The Bertz CT molecular complexity index is 1230. The summed E-state index contributed by atoms with van der Waals surface area (Å²) in [6.45, 7) is 4.32. The van der Waals surface area contributed by atoms with E-state index in [1.54, 1.807) is 12.1 Å². The molecule has 2 aromatic rings. The molecule has 13 heteroatoms. The number of aromatic nitrogens is 2. The summed E-state index contributed by atoms with van der Waals surface area (Å²) in [5.41, 5.74) is 0.648. The first-order valence-corrected chi connectivity index (χ1v) is 14.3. The third-order valence-corrected chi connectivity index (χ3v) is 6.97. The van der Waals surface area contributed by atoms with E-state index in [1.165, 1.54) is 15.9 Å². The lowest BCUT2D eigenvalue weighted by molar-refractivity contribution is -0.138. The SMILES string of the molecule is CCCCOC(=O)N1CCN(C(=O)C(CCC(=O)O)NC(=O)c2cc(O[C@H]3CCOC3)nc(-c3ccccc3)n2)CC1. The normalized spacial score (nSPS) is 17.4. The van der Waals surface area contributed by atoms with Crippen LogP contribution >= 0.6 is 0 Å². The van der Waals surface area contributed by atoms with Gasteiger partial charge in [0.2, 0.25) is 11.8 Å². The fourth-order valence-electron chi connectivity index (χ4n) is 4.58. The molecule has 2 aliphatic rings. The van der Waals surface area contributed by atoms with Crippen molar-refractivity contribution < 1.29 is 38.5 Å². The molecule has 1 unspecified atom stereocenters. The molecule has 0 radical (unpaired) electrons. The molecule has 226 valence electrons. The van der Waals surface area contributed by atoms with Crippen LogP contribution in [0.1, 0.15) is 49.5 Å². The van der Waals surface area contributed by atoms with Crippen molar-refractivity contribution in [1.29, 1.82) is 0 Å². The van der Waals surface area contributed by atoms with Gasteiger partial charge in [-0.1, -0.05) is 43.7 Å². The maximum atomic E-state index is 13.5. The van der Waals surface area contributed by atoms with Gasteiger partial charge in [-0.05, 0) is 12.8 Å². The van der Waals surface area contributed by atoms with Crippen LogP contribution in [0.25, 0.3) is 11.4 Å². The highest BCUT2D eigenvalue weighted by Gasteiger charge is 2.31. The molecule has 2 fully saturated rings. The number of nitrogens with zero attached hydrogens (tertiary/aromatic N) is 4. The summed E-state index contributed by atoms with van der Waals surface area (Å²) in [6.07, 6.45) is 1.29. The van der Waals surface area contributed by atoms with Gasteiger partial charge in [0.05, 0.1) is 19.8 Å². The summed E-state index contributed by atoms with van der Waals surface area (Å²) in [7, 11) is 0. The number of carboxylic acids is 1. The largest absolute Gasteiger partial charge is 0.481 e. The highest BCUT2D eigenvalue weighted by Crippen LogP contribution is 2.22. The number of hydrogen-bond acceptors (Lipinski definition) is 9. The number of unbranched alkanes of at least 4 members (excludes halogenated alkanes) is 1. The van der Waals surface area contributed by atoms with Crippen LogP contribution in [-0.4, -0.2) is 107 Å². The fourth-order valence-corrected chi connectivity index (χ4v) is 4.58. The van der Waals surface area contributed by atoms with Crippen molar-refractivity contribution in [2.45, 2.75) is 51.2 Å². The maximum absolute atomic E-state index is 13.5. The molecule has 42 heavy (non-hydrogen) atoms. The average Bonchev–Trinajstić information content (AvgIpc) is 3.52. The molecule has 2 N–H and O–H groups in total. The van der Waals surface area contributed by atoms with Crippen LogP contribution in [0.3, 0.4) is 0 Å². The monoisotopic (exact) mass is 583 g/mol. The van der Waals surface area contributed by atoms with Gasteiger partial charge >= 0.3 is 12.1 Å². The topological polar surface area (TPSA) is 160 Å². The third-order valence-electron chi connectivity index (χ3n) is 6.97. The Kier molecular flexibility index (Phi) is 11.0. The molecule has 0 saturated carbocycles. The van der Waals surface area contributed by atoms with Crippen molar-refractivity contribution in [3.63, 3.8) is 0 Å². The second-order valence-corrected chi connectivity index (χ2v) is 10.1. The van der Waals surface area contributed by atoms with Gasteiger partial charge in [0.1, 0.15) is 17.8 Å². The van der Waals surface area contributed by atoms with Crippen molar-refractivity contribution >= 4 is 23.9 Å². The molecule has 3 amide bonds. The van der Waals surface area contributed by atoms with Crippen molar-refractivity contribution in [3.05, 3.63) is 42.1 Å². The predicted molar refractivity (Wildman–Crippen MR) is 150 cm³/mol. The Hall–Kier alpha value is -4.26. The Morgan fingerprint density at radius 1 is 1.10 bits per heavy atom. The molecule has 0 bridgehead atoms. The lowest BCUT2D eigenvalue weighted by Crippen LogP contribution is -2.56. The van der Waals surface area contributed by atoms with Crippen molar-refractivity contribution in [3.8, 4) is 17.3 Å². The highest BCUT2D eigenvalue weighted by molar-refractivity contribution is 5.96. The lowest BCUT2D eigenvalue weighted by Gasteiger charge is -2.36. The van der Waals surface area contributed by atoms with Crippen LogP contribution < -0.4 is 10.1 Å². The van der Waals surface area contributed by atoms with E-state index in [2.05, 4.69) is 15.3 Å². The summed E-state index contributed by atoms with van der Waals surface area (Å²) in [6, 6.07) is 9.39. The van der Waals surface area contributed by atoms with Crippen molar-refractivity contribution in [1.82, 2.24) is 25.1 Å². The number of piperazine rings is 1. The van der Waals surface area contributed by atoms with Gasteiger partial charge in [-0.3, -0.25) is 14.4 Å². The average molecular weight is 584 g/mol. The molecule has 2 saturated heterocycles. The Morgan fingerprint density at radius 3 is 2.50 bits per heavy atom. The van der Waals surface area contributed by atoms with E-state index in [-0.39, 0.29) is 62.5 Å². The van der Waals surface area contributed by atoms with Crippen LogP contribution in [-0.2, 0) is 19.1 Å². The maximum Gasteiger partial charge on any atom is 0.409 e. The van der Waals surface area contributed by atoms with E-state index in [0.717, 1.165) is 12.8 Å². The van der Waals surface area contributed by atoms with Crippen LogP contribution in [0.15, 0.2) is 36.4 Å². The molecule has 2 aliphatic heterocycles. The number of rotatable bonds is 12. The third kappa shape index (κ3) is 8.62. The fraction of sp³-hybridized carbons (Fsp3) is 0.517. The number of nitrogens with one attached hydrogen (secondary N) is 1. The Balaban J connectivity index is 1.47. The van der Waals surface area contributed by atoms with Gasteiger partial charge in [-0.15, -0.1) is 0 Å². The van der Waals surface area contributed by atoms with Crippen LogP contribution in [0, 0.1) is 0 Å². The van der Waals surface area contributed by atoms with Gasteiger partial charge < -0.3 is 34.4 Å². The van der Waals surface area contributed by atoms with Crippen molar-refractivity contribution in [2.24, 2.45) is 0 Å². The number of carboxylic acid groups (broad SMARTS) is 1. The number of carbonyl (C=O) groups is 4. The number of amides is 3. The standard InChI is InChI=1S/C29H37N5O8/c1-2-3-16-41-29(39)34-14-12-33(13-15-34)28(38)22(9-10-25(35)36)31-27(37)23-18-24(42-21-11-17-40-19-21)32-26(30-23)20-7-5-4-6-8-20/h4-8,18,21-22H,2-3,9-17,19H2,1H3,(H,31,37)(H,35,36)/t21-,22?/m0/s1. The van der Waals surface area contributed by atoms with Crippen molar-refractivity contribution in [2.75, 3.05) is 46.0 Å². The second kappa shape index (κ2) is 15.1. The smallest absolute Gasteiger partial charge is 0.409 e. The van der Waals surface area contributed by atoms with Gasteiger partial charge in [0.15, 0.2) is 5.82 Å². The number of hydrogen-bond donors (Lipinski definition) is 2. The molecule has 1 aromatic carbocycles. The molecular weight excluding hydrogens is 546 g/mol. The molecule has 3 heterocycles. The zero-order valence-electron chi connectivity index (χ0n) is 23.7. The minimum absolute atomic E-state index is 0.0227. The van der Waals surface area contributed by atoms with Gasteiger partial charge in [0, 0.05) is 50.7 Å². The Morgan fingerprint density at radius 2 is 1.83 bits per heavy atom. The summed E-state index contributed by atoms with van der Waals surface area (Å²) in [5, 5.41) is 12.0. The quantitative estimate of drug-likeness (QED) is 0.355. The predicted octanol–water partition coefficient (Wildman–Crippen LogP) is 2.36. The van der Waals surface area contributed by atoms with E-state index >= 15 is 0 Å². The van der Waals surface area contributed by atoms with E-state index in [9.17, 15) is 24.3 Å². The van der Waals surface area contributed by atoms with E-state index < -0.39 is 29.9 Å². The summed E-state index contributed by atoms with van der Waals surface area (Å²) in [4.78, 5) is 62.5. The first-order valence-electron chi connectivity index (χ1n) is 14.3. The summed E-state index contributed by atoms with van der Waals surface area (Å²) >= 11 is 0. The zero-order valence-corrected chi connectivity index (χ0v) is 23.7. The second-order valence-electron chi connectivity index (χ2n) is 10.1. The molecule has 2 atom stereocenters. The highest BCUT2D eigenvalue weighted by atomic mass is 16.6. The first kappa shape index (κ1) is 30.7. The van der Waals surface area contributed by atoms with Gasteiger partial charge in [-0.25, -0.2) is 9.78 Å². The number of aliphatic carboxylic acids is 1. The zero-order chi connectivity index (χ0) is 29.9. The summed E-state index contributed by atoms with van der Waals surface area (Å²) < 4.78 is 16.6. The first-order chi connectivity index (χ1) is 20.3. The minimum Gasteiger partial charge on any atom is -0.481 e. The van der Waals surface area contributed by atoms with Crippen LogP contribution in [0.4, 0.5) is 4.79 Å². The van der Waals surface area contributed by atoms with Crippen LogP contribution in [0.5, 0.6) is 5.88 Å². The number of ether oxygens (including phenoxy) is 3. The molecule has 0 aliphatic carbocycles. The van der Waals surface area contributed by atoms with Gasteiger partial charge in [-0.2, -0.15) is 4.98 Å².